The molecule has 0 bridgehead atoms. The van der Waals surface area contributed by atoms with Crippen molar-refractivity contribution in [2.45, 2.75) is 39.5 Å². The second-order valence-corrected chi connectivity index (χ2v) is 5.75. The smallest absolute Gasteiger partial charge is 0.128 e. The molecule has 0 aliphatic rings. The molecule has 0 aliphatic carbocycles. The molecule has 1 aromatic rings. The van der Waals surface area contributed by atoms with Crippen LogP contribution in [0.2, 0.25) is 0 Å². The van der Waals surface area contributed by atoms with Gasteiger partial charge in [-0.2, -0.15) is 0 Å². The van der Waals surface area contributed by atoms with Crippen molar-refractivity contribution in [3.8, 4) is 0 Å². The molecule has 1 aromatic heterocycles. The minimum Gasteiger partial charge on any atom is -0.355 e. The molecule has 0 aromatic carbocycles. The number of hydrogen-bond donors (Lipinski definition) is 1. The van der Waals surface area contributed by atoms with Crippen molar-refractivity contribution >= 4 is 5.82 Å². The van der Waals surface area contributed by atoms with Gasteiger partial charge in [0.1, 0.15) is 5.82 Å². The van der Waals surface area contributed by atoms with E-state index < -0.39 is 0 Å². The Morgan fingerprint density at radius 3 is 2.39 bits per heavy atom. The maximum atomic E-state index is 4.62. The molecule has 3 nitrogen and oxygen atoms in total. The molecule has 0 radical (unpaired) electrons. The summed E-state index contributed by atoms with van der Waals surface area (Å²) in [7, 11) is 1.99. The third-order valence-electron chi connectivity index (χ3n) is 3.06. The average Bonchev–Trinajstić information content (AvgIpc) is 2.33. The normalized spacial score (nSPS) is 11.6. The molecule has 0 aliphatic heterocycles. The fourth-order valence-corrected chi connectivity index (χ4v) is 1.87. The summed E-state index contributed by atoms with van der Waals surface area (Å²) < 4.78 is 0. The number of nitrogens with one attached hydrogen (secondary N) is 1. The Bertz CT molecular complexity index is 338. The largest absolute Gasteiger partial charge is 0.355 e. The Labute approximate surface area is 112 Å². The number of hydrogen-bond acceptors (Lipinski definition) is 3. The van der Waals surface area contributed by atoms with Crippen LogP contribution in [-0.4, -0.2) is 31.7 Å². The van der Waals surface area contributed by atoms with E-state index in [9.17, 15) is 0 Å². The van der Waals surface area contributed by atoms with Crippen molar-refractivity contribution < 1.29 is 0 Å². The number of aromatic nitrogens is 1. The minimum atomic E-state index is 0.173. The predicted molar refractivity (Wildman–Crippen MR) is 79.4 cm³/mol. The lowest BCUT2D eigenvalue weighted by Crippen LogP contribution is -2.32. The van der Waals surface area contributed by atoms with Gasteiger partial charge in [0.05, 0.1) is 0 Å². The molecule has 18 heavy (non-hydrogen) atoms. The lowest BCUT2D eigenvalue weighted by atomic mass is 9.88. The Morgan fingerprint density at radius 2 is 1.94 bits per heavy atom. The van der Waals surface area contributed by atoms with Crippen molar-refractivity contribution in [3.63, 3.8) is 0 Å². The number of pyridine rings is 1. The predicted octanol–water partition coefficient (Wildman–Crippen LogP) is 2.81. The summed E-state index contributed by atoms with van der Waals surface area (Å²) in [6.07, 6.45) is 3.16. The van der Waals surface area contributed by atoms with Gasteiger partial charge in [-0.05, 0) is 30.5 Å². The van der Waals surface area contributed by atoms with Crippen LogP contribution in [0.5, 0.6) is 0 Å². The summed E-state index contributed by atoms with van der Waals surface area (Å²) >= 11 is 0. The third-order valence-corrected chi connectivity index (χ3v) is 3.06. The van der Waals surface area contributed by atoms with E-state index in [4.69, 9.17) is 0 Å². The molecule has 0 amide bonds. The van der Waals surface area contributed by atoms with Gasteiger partial charge in [-0.25, -0.2) is 4.98 Å². The van der Waals surface area contributed by atoms with E-state index in [1.54, 1.807) is 0 Å². The molecule has 0 fully saturated rings. The van der Waals surface area contributed by atoms with Crippen LogP contribution in [-0.2, 0) is 5.41 Å². The fraction of sp³-hybridized carbons (Fsp3) is 0.667. The first-order valence-electron chi connectivity index (χ1n) is 6.85. The topological polar surface area (TPSA) is 28.2 Å². The second kappa shape index (κ2) is 6.74. The fourth-order valence-electron chi connectivity index (χ4n) is 1.87. The lowest BCUT2D eigenvalue weighted by molar-refractivity contribution is 0.587. The highest BCUT2D eigenvalue weighted by Crippen LogP contribution is 2.22. The first-order valence-corrected chi connectivity index (χ1v) is 6.85. The van der Waals surface area contributed by atoms with Gasteiger partial charge in [0.25, 0.3) is 0 Å². The van der Waals surface area contributed by atoms with Gasteiger partial charge in [-0.1, -0.05) is 33.8 Å². The first-order chi connectivity index (χ1) is 8.49. The summed E-state index contributed by atoms with van der Waals surface area (Å²) in [5.74, 6) is 1.08. The molecule has 0 unspecified atom stereocenters. The number of rotatable bonds is 6. The average molecular weight is 249 g/mol. The lowest BCUT2D eigenvalue weighted by Gasteiger charge is -2.24. The van der Waals surface area contributed by atoms with E-state index >= 15 is 0 Å². The van der Waals surface area contributed by atoms with Crippen molar-refractivity contribution in [2.24, 2.45) is 0 Å². The molecule has 1 rings (SSSR count). The number of nitrogens with zero attached hydrogens (tertiary/aromatic N) is 2. The quantitative estimate of drug-likeness (QED) is 0.840. The maximum Gasteiger partial charge on any atom is 0.128 e. The number of anilines is 1. The number of likely N-dealkylation sites (N-methyl/N-ethyl adjacent to an activating group) is 1. The molecule has 0 saturated carbocycles. The van der Waals surface area contributed by atoms with Gasteiger partial charge in [-0.15, -0.1) is 0 Å². The summed E-state index contributed by atoms with van der Waals surface area (Å²) in [6.45, 7) is 11.9. The van der Waals surface area contributed by atoms with Crippen LogP contribution >= 0.6 is 0 Å². The van der Waals surface area contributed by atoms with E-state index in [1.807, 2.05) is 13.2 Å². The Morgan fingerprint density at radius 1 is 1.22 bits per heavy atom. The van der Waals surface area contributed by atoms with Crippen LogP contribution in [0.3, 0.4) is 0 Å². The Kier molecular flexibility index (Phi) is 5.60. The minimum absolute atomic E-state index is 0.173. The zero-order chi connectivity index (χ0) is 13.6. The molecule has 1 heterocycles. The van der Waals surface area contributed by atoms with Crippen molar-refractivity contribution in [3.05, 3.63) is 23.9 Å². The van der Waals surface area contributed by atoms with E-state index in [1.165, 1.54) is 5.56 Å². The van der Waals surface area contributed by atoms with E-state index in [-0.39, 0.29) is 5.41 Å². The van der Waals surface area contributed by atoms with Crippen molar-refractivity contribution in [1.82, 2.24) is 10.3 Å². The van der Waals surface area contributed by atoms with Gasteiger partial charge in [0, 0.05) is 25.8 Å². The summed E-state index contributed by atoms with van der Waals surface area (Å²) in [5.41, 5.74) is 1.46. The standard InChI is InChI=1S/C15H27N3/c1-6-10-18(11-9-16-5)14-8-7-13(12-17-14)15(2,3)4/h7-8,12,16H,6,9-11H2,1-5H3. The highest BCUT2D eigenvalue weighted by molar-refractivity contribution is 5.40. The highest BCUT2D eigenvalue weighted by atomic mass is 15.2. The molecule has 3 heteroatoms. The zero-order valence-electron chi connectivity index (χ0n) is 12.5. The summed E-state index contributed by atoms with van der Waals surface area (Å²) in [6, 6.07) is 4.34. The highest BCUT2D eigenvalue weighted by Gasteiger charge is 2.14. The molecular weight excluding hydrogens is 222 g/mol. The van der Waals surface area contributed by atoms with Crippen LogP contribution in [0.1, 0.15) is 39.7 Å². The van der Waals surface area contributed by atoms with Crippen LogP contribution in [0.4, 0.5) is 5.82 Å². The second-order valence-electron chi connectivity index (χ2n) is 5.75. The molecule has 0 saturated heterocycles. The van der Waals surface area contributed by atoms with Gasteiger partial charge in [-0.3, -0.25) is 0 Å². The third kappa shape index (κ3) is 4.30. The molecule has 0 atom stereocenters. The van der Waals surface area contributed by atoms with Crippen molar-refractivity contribution in [1.29, 1.82) is 0 Å². The summed E-state index contributed by atoms with van der Waals surface area (Å²) in [5, 5.41) is 3.19. The molecule has 0 spiro atoms. The van der Waals surface area contributed by atoms with E-state index in [2.05, 4.69) is 55.0 Å². The molecular formula is C15H27N3. The summed E-state index contributed by atoms with van der Waals surface area (Å²) in [4.78, 5) is 6.95. The first kappa shape index (κ1) is 15.0. The Balaban J connectivity index is 2.79. The maximum absolute atomic E-state index is 4.62. The zero-order valence-corrected chi connectivity index (χ0v) is 12.5. The molecule has 102 valence electrons. The monoisotopic (exact) mass is 249 g/mol. The Hall–Kier alpha value is -1.09. The van der Waals surface area contributed by atoms with E-state index in [0.29, 0.717) is 0 Å². The van der Waals surface area contributed by atoms with Crippen LogP contribution in [0, 0.1) is 0 Å². The van der Waals surface area contributed by atoms with Crippen LogP contribution in [0.25, 0.3) is 0 Å². The van der Waals surface area contributed by atoms with Gasteiger partial charge < -0.3 is 10.2 Å². The van der Waals surface area contributed by atoms with Crippen LogP contribution < -0.4 is 10.2 Å². The SMILES string of the molecule is CCCN(CCNC)c1ccc(C(C)(C)C)cn1. The van der Waals surface area contributed by atoms with Crippen LogP contribution in [0.15, 0.2) is 18.3 Å². The molecule has 1 N–H and O–H groups in total. The van der Waals surface area contributed by atoms with Gasteiger partial charge in [0.2, 0.25) is 0 Å². The van der Waals surface area contributed by atoms with Crippen molar-refractivity contribution in [2.75, 3.05) is 31.6 Å². The van der Waals surface area contributed by atoms with Gasteiger partial charge in [0.15, 0.2) is 0 Å². The van der Waals surface area contributed by atoms with E-state index in [0.717, 1.165) is 31.9 Å². The van der Waals surface area contributed by atoms with Gasteiger partial charge >= 0.3 is 0 Å².